The van der Waals surface area contributed by atoms with Gasteiger partial charge in [-0.15, -0.1) is 0 Å². The first-order valence-electron chi connectivity index (χ1n) is 10.5. The molecule has 31 heavy (non-hydrogen) atoms. The maximum Gasteiger partial charge on any atom is 0.270 e. The number of hydrogen-bond acceptors (Lipinski definition) is 6. The normalized spacial score (nSPS) is 19.1. The highest BCUT2D eigenvalue weighted by molar-refractivity contribution is 6.40. The Balaban J connectivity index is 1.38. The number of carbonyl (C=O) groups is 2. The van der Waals surface area contributed by atoms with Gasteiger partial charge in [0.2, 0.25) is 0 Å². The molecule has 1 amide bonds. The lowest BCUT2D eigenvalue weighted by Crippen LogP contribution is -2.50. The number of Topliss-reactive ketones (excluding diaryl/α,β-unsaturated/α-hetero) is 1. The molecule has 2 aliphatic rings. The molecule has 7 nitrogen and oxygen atoms in total. The van der Waals surface area contributed by atoms with Crippen molar-refractivity contribution in [2.75, 3.05) is 31.2 Å². The van der Waals surface area contributed by atoms with Gasteiger partial charge in [-0.3, -0.25) is 19.5 Å². The Morgan fingerprint density at radius 3 is 2.32 bits per heavy atom. The third-order valence-electron chi connectivity index (χ3n) is 5.80. The van der Waals surface area contributed by atoms with Gasteiger partial charge in [-0.1, -0.05) is 30.3 Å². The Morgan fingerprint density at radius 2 is 1.71 bits per heavy atom. The summed E-state index contributed by atoms with van der Waals surface area (Å²) in [6, 6.07) is 18.8. The molecule has 2 aliphatic heterocycles. The SMILES string of the molecule is CC(=O)C1CC(C(=O)N2CCN(Cc3ccc(C#N)cc3)CC2)=NN1c1ccccc1. The second kappa shape index (κ2) is 9.11. The minimum atomic E-state index is -0.431. The van der Waals surface area contributed by atoms with E-state index in [0.717, 1.165) is 30.9 Å². The predicted molar refractivity (Wildman–Crippen MR) is 118 cm³/mol. The molecule has 0 N–H and O–H groups in total. The van der Waals surface area contributed by atoms with E-state index in [-0.39, 0.29) is 11.7 Å². The Kier molecular flexibility index (Phi) is 6.10. The van der Waals surface area contributed by atoms with Crippen LogP contribution in [-0.4, -0.2) is 59.4 Å². The zero-order valence-corrected chi connectivity index (χ0v) is 17.6. The highest BCUT2D eigenvalue weighted by Crippen LogP contribution is 2.25. The molecule has 0 spiro atoms. The van der Waals surface area contributed by atoms with Crippen LogP contribution in [0, 0.1) is 11.3 Å². The van der Waals surface area contributed by atoms with Gasteiger partial charge in [-0.05, 0) is 36.8 Å². The van der Waals surface area contributed by atoms with E-state index in [1.54, 1.807) is 11.9 Å². The van der Waals surface area contributed by atoms with E-state index in [1.807, 2.05) is 59.5 Å². The summed E-state index contributed by atoms with van der Waals surface area (Å²) in [7, 11) is 0. The van der Waals surface area contributed by atoms with Crippen molar-refractivity contribution in [3.8, 4) is 6.07 Å². The van der Waals surface area contributed by atoms with Crippen LogP contribution in [0.4, 0.5) is 5.69 Å². The molecule has 1 fully saturated rings. The molecule has 1 atom stereocenters. The van der Waals surface area contributed by atoms with E-state index >= 15 is 0 Å². The molecule has 1 unspecified atom stereocenters. The molecule has 2 aromatic rings. The standard InChI is InChI=1S/C24H25N5O2/c1-18(30)23-15-22(26-29(23)21-5-3-2-4-6-21)24(31)28-13-11-27(12-14-28)17-20-9-7-19(16-25)8-10-20/h2-10,23H,11-15,17H2,1H3. The third kappa shape index (κ3) is 4.65. The quantitative estimate of drug-likeness (QED) is 0.749. The van der Waals surface area contributed by atoms with Gasteiger partial charge >= 0.3 is 0 Å². The highest BCUT2D eigenvalue weighted by Gasteiger charge is 2.36. The lowest BCUT2D eigenvalue weighted by atomic mass is 10.1. The Bertz CT molecular complexity index is 1020. The van der Waals surface area contributed by atoms with Crippen molar-refractivity contribution in [2.24, 2.45) is 5.10 Å². The zero-order chi connectivity index (χ0) is 21.8. The second-order valence-corrected chi connectivity index (χ2v) is 7.93. The maximum atomic E-state index is 13.1. The van der Waals surface area contributed by atoms with Crippen LogP contribution in [0.3, 0.4) is 0 Å². The van der Waals surface area contributed by atoms with E-state index in [4.69, 9.17) is 5.26 Å². The van der Waals surface area contributed by atoms with Crippen LogP contribution in [0.15, 0.2) is 59.7 Å². The summed E-state index contributed by atoms with van der Waals surface area (Å²) in [5.41, 5.74) is 3.08. The molecule has 0 aliphatic carbocycles. The van der Waals surface area contributed by atoms with Gasteiger partial charge in [0.1, 0.15) is 11.8 Å². The zero-order valence-electron chi connectivity index (χ0n) is 17.6. The summed E-state index contributed by atoms with van der Waals surface area (Å²) in [6.45, 7) is 5.15. The minimum Gasteiger partial charge on any atom is -0.335 e. The fourth-order valence-corrected chi connectivity index (χ4v) is 4.01. The fraction of sp³-hybridized carbons (Fsp3) is 0.333. The average Bonchev–Trinajstić information content (AvgIpc) is 3.26. The van der Waals surface area contributed by atoms with E-state index in [9.17, 15) is 9.59 Å². The lowest BCUT2D eigenvalue weighted by molar-refractivity contribution is -0.125. The molecule has 4 rings (SSSR count). The van der Waals surface area contributed by atoms with Gasteiger partial charge in [0.15, 0.2) is 5.78 Å². The Labute approximate surface area is 182 Å². The number of carbonyl (C=O) groups excluding carboxylic acids is 2. The number of nitriles is 1. The van der Waals surface area contributed by atoms with Gasteiger partial charge in [-0.2, -0.15) is 10.4 Å². The van der Waals surface area contributed by atoms with Gasteiger partial charge < -0.3 is 4.90 Å². The van der Waals surface area contributed by atoms with Crippen LogP contribution in [0.5, 0.6) is 0 Å². The van der Waals surface area contributed by atoms with Crippen molar-refractivity contribution >= 4 is 23.1 Å². The van der Waals surface area contributed by atoms with Crippen molar-refractivity contribution < 1.29 is 9.59 Å². The van der Waals surface area contributed by atoms with Crippen molar-refractivity contribution in [3.05, 3.63) is 65.7 Å². The highest BCUT2D eigenvalue weighted by atomic mass is 16.2. The number of anilines is 1. The summed E-state index contributed by atoms with van der Waals surface area (Å²) < 4.78 is 0. The molecule has 0 radical (unpaired) electrons. The van der Waals surface area contributed by atoms with Crippen molar-refractivity contribution in [1.82, 2.24) is 9.80 Å². The van der Waals surface area contributed by atoms with Crippen LogP contribution < -0.4 is 5.01 Å². The molecule has 7 heteroatoms. The number of para-hydroxylation sites is 1. The predicted octanol–water partition coefficient (Wildman–Crippen LogP) is 2.43. The van der Waals surface area contributed by atoms with E-state index in [1.165, 1.54) is 0 Å². The minimum absolute atomic E-state index is 0.00244. The Hall–Kier alpha value is -3.50. The fourth-order valence-electron chi connectivity index (χ4n) is 4.01. The second-order valence-electron chi connectivity index (χ2n) is 7.93. The molecule has 158 valence electrons. The number of rotatable bonds is 5. The molecule has 0 aromatic heterocycles. The summed E-state index contributed by atoms with van der Waals surface area (Å²) in [5.74, 6) is -0.0784. The third-order valence-corrected chi connectivity index (χ3v) is 5.80. The van der Waals surface area contributed by atoms with Gasteiger partial charge in [0.05, 0.1) is 17.3 Å². The smallest absolute Gasteiger partial charge is 0.270 e. The van der Waals surface area contributed by atoms with E-state index in [2.05, 4.69) is 16.1 Å². The Morgan fingerprint density at radius 1 is 1.03 bits per heavy atom. The molecular weight excluding hydrogens is 390 g/mol. The number of ketones is 1. The first-order valence-corrected chi connectivity index (χ1v) is 10.5. The summed E-state index contributed by atoms with van der Waals surface area (Å²) in [5, 5.41) is 15.1. The lowest BCUT2D eigenvalue weighted by Gasteiger charge is -2.34. The largest absolute Gasteiger partial charge is 0.335 e. The van der Waals surface area contributed by atoms with E-state index in [0.29, 0.717) is 30.8 Å². The number of hydrogen-bond donors (Lipinski definition) is 0. The number of benzene rings is 2. The number of piperazine rings is 1. The van der Waals surface area contributed by atoms with E-state index < -0.39 is 6.04 Å². The monoisotopic (exact) mass is 415 g/mol. The van der Waals surface area contributed by atoms with Crippen LogP contribution in [0.2, 0.25) is 0 Å². The molecule has 1 saturated heterocycles. The molecule has 0 bridgehead atoms. The topological polar surface area (TPSA) is 80.0 Å². The van der Waals surface area contributed by atoms with Crippen LogP contribution in [-0.2, 0) is 16.1 Å². The molecule has 0 saturated carbocycles. The van der Waals surface area contributed by atoms with Crippen LogP contribution in [0.25, 0.3) is 0 Å². The van der Waals surface area contributed by atoms with Gasteiger partial charge in [0.25, 0.3) is 5.91 Å². The van der Waals surface area contributed by atoms with Crippen molar-refractivity contribution in [3.63, 3.8) is 0 Å². The number of nitrogens with zero attached hydrogens (tertiary/aromatic N) is 5. The summed E-state index contributed by atoms with van der Waals surface area (Å²) in [4.78, 5) is 29.4. The van der Waals surface area contributed by atoms with Crippen molar-refractivity contribution in [1.29, 1.82) is 5.26 Å². The molecule has 2 heterocycles. The van der Waals surface area contributed by atoms with Gasteiger partial charge in [-0.25, -0.2) is 0 Å². The first-order chi connectivity index (χ1) is 15.0. The van der Waals surface area contributed by atoms with Gasteiger partial charge in [0, 0.05) is 39.1 Å². The van der Waals surface area contributed by atoms with Crippen LogP contribution >= 0.6 is 0 Å². The summed E-state index contributed by atoms with van der Waals surface area (Å²) >= 11 is 0. The first kappa shape index (κ1) is 20.8. The number of amides is 1. The maximum absolute atomic E-state index is 13.1. The van der Waals surface area contributed by atoms with Crippen molar-refractivity contribution in [2.45, 2.75) is 25.9 Å². The average molecular weight is 415 g/mol. The molecular formula is C24H25N5O2. The molecule has 2 aromatic carbocycles. The summed E-state index contributed by atoms with van der Waals surface area (Å²) in [6.07, 6.45) is 0.342. The van der Waals surface area contributed by atoms with Crippen LogP contribution in [0.1, 0.15) is 24.5 Å². The number of hydrazone groups is 1.